The lowest BCUT2D eigenvalue weighted by molar-refractivity contribution is -0.120. The van der Waals surface area contributed by atoms with E-state index in [1.165, 1.54) is 5.56 Å². The molecule has 0 atom stereocenters. The van der Waals surface area contributed by atoms with Gasteiger partial charge in [-0.05, 0) is 17.7 Å². The second-order valence-electron chi connectivity index (χ2n) is 6.83. The molecule has 2 aromatic carbocycles. The van der Waals surface area contributed by atoms with E-state index in [4.69, 9.17) is 5.26 Å². The molecule has 5 nitrogen and oxygen atoms in total. The predicted octanol–water partition coefficient (Wildman–Crippen LogP) is 2.75. The van der Waals surface area contributed by atoms with Crippen molar-refractivity contribution in [2.24, 2.45) is 0 Å². The predicted molar refractivity (Wildman–Crippen MR) is 107 cm³/mol. The number of anilines is 1. The summed E-state index contributed by atoms with van der Waals surface area (Å²) >= 11 is 0. The van der Waals surface area contributed by atoms with Crippen LogP contribution in [-0.2, 0) is 11.3 Å². The molecule has 0 aromatic heterocycles. The number of amides is 1. The van der Waals surface area contributed by atoms with E-state index in [9.17, 15) is 4.79 Å². The molecule has 1 aliphatic heterocycles. The highest BCUT2D eigenvalue weighted by Gasteiger charge is 2.22. The molecule has 0 radical (unpaired) electrons. The minimum absolute atomic E-state index is 0.0629. The smallest absolute Gasteiger partial charge is 0.241 e. The average Bonchev–Trinajstić information content (AvgIpc) is 2.71. The molecule has 0 saturated carbocycles. The standard InChI is InChI=1S/C22H26N4O/c23-12-7-13-26(21-10-5-2-6-11-21)22(27)19-25-16-14-24(15-17-25)18-20-8-3-1-4-9-20/h1-6,8-11H,7,13-19H2. The van der Waals surface area contributed by atoms with Crippen LogP contribution < -0.4 is 4.90 Å². The van der Waals surface area contributed by atoms with Gasteiger partial charge >= 0.3 is 0 Å². The van der Waals surface area contributed by atoms with Crippen LogP contribution in [0, 0.1) is 11.3 Å². The molecule has 0 unspecified atom stereocenters. The van der Waals surface area contributed by atoms with Crippen molar-refractivity contribution in [3.05, 3.63) is 66.2 Å². The third kappa shape index (κ3) is 5.65. The Bertz CT molecular complexity index is 749. The zero-order valence-corrected chi connectivity index (χ0v) is 15.6. The first-order valence-corrected chi connectivity index (χ1v) is 9.47. The lowest BCUT2D eigenvalue weighted by Crippen LogP contribution is -2.50. The SMILES string of the molecule is N#CCCN(C(=O)CN1CCN(Cc2ccccc2)CC1)c1ccccc1. The van der Waals surface area contributed by atoms with E-state index in [2.05, 4.69) is 40.1 Å². The largest absolute Gasteiger partial charge is 0.310 e. The number of hydrogen-bond acceptors (Lipinski definition) is 4. The number of nitrogens with zero attached hydrogens (tertiary/aromatic N) is 4. The topological polar surface area (TPSA) is 50.6 Å². The molecule has 1 amide bonds. The summed E-state index contributed by atoms with van der Waals surface area (Å²) in [4.78, 5) is 19.2. The third-order valence-electron chi connectivity index (χ3n) is 4.89. The Morgan fingerprint density at radius 2 is 1.52 bits per heavy atom. The van der Waals surface area contributed by atoms with Gasteiger partial charge in [-0.25, -0.2) is 0 Å². The summed E-state index contributed by atoms with van der Waals surface area (Å²) in [6.07, 6.45) is 0.339. The van der Waals surface area contributed by atoms with Gasteiger partial charge in [-0.15, -0.1) is 0 Å². The Labute approximate surface area is 161 Å². The lowest BCUT2D eigenvalue weighted by atomic mass is 10.2. The Kier molecular flexibility index (Phi) is 6.97. The van der Waals surface area contributed by atoms with Gasteiger partial charge in [0, 0.05) is 45.0 Å². The molecule has 1 aliphatic rings. The molecule has 1 fully saturated rings. The fourth-order valence-electron chi connectivity index (χ4n) is 3.39. The van der Waals surface area contributed by atoms with Gasteiger partial charge in [0.2, 0.25) is 5.91 Å². The number of rotatable bonds is 7. The summed E-state index contributed by atoms with van der Waals surface area (Å²) in [6, 6.07) is 22.3. The maximum Gasteiger partial charge on any atom is 0.241 e. The van der Waals surface area contributed by atoms with Crippen molar-refractivity contribution < 1.29 is 4.79 Å². The van der Waals surface area contributed by atoms with E-state index in [1.807, 2.05) is 36.4 Å². The molecule has 3 rings (SSSR count). The van der Waals surface area contributed by atoms with Crippen LogP contribution in [0.3, 0.4) is 0 Å². The van der Waals surface area contributed by atoms with Crippen LogP contribution in [0.25, 0.3) is 0 Å². The molecule has 140 valence electrons. The molecular formula is C22H26N4O. The summed E-state index contributed by atoms with van der Waals surface area (Å²) in [6.45, 7) is 5.50. The van der Waals surface area contributed by atoms with E-state index >= 15 is 0 Å². The van der Waals surface area contributed by atoms with Gasteiger partial charge in [0.1, 0.15) is 0 Å². The minimum atomic E-state index is 0.0629. The first kappa shape index (κ1) is 19.1. The number of piperazine rings is 1. The number of hydrogen-bond donors (Lipinski definition) is 0. The van der Waals surface area contributed by atoms with Crippen LogP contribution in [-0.4, -0.2) is 55.0 Å². The summed E-state index contributed by atoms with van der Waals surface area (Å²) in [7, 11) is 0. The van der Waals surface area contributed by atoms with E-state index in [1.54, 1.807) is 4.90 Å². The van der Waals surface area contributed by atoms with Crippen molar-refractivity contribution in [1.82, 2.24) is 9.80 Å². The maximum absolute atomic E-state index is 12.9. The molecule has 27 heavy (non-hydrogen) atoms. The van der Waals surface area contributed by atoms with Gasteiger partial charge in [0.05, 0.1) is 19.0 Å². The summed E-state index contributed by atoms with van der Waals surface area (Å²) in [5, 5.41) is 8.91. The fourth-order valence-corrected chi connectivity index (χ4v) is 3.39. The highest BCUT2D eigenvalue weighted by molar-refractivity contribution is 5.94. The van der Waals surface area contributed by atoms with E-state index < -0.39 is 0 Å². The normalized spacial score (nSPS) is 15.2. The monoisotopic (exact) mass is 362 g/mol. The summed E-state index contributed by atoms with van der Waals surface area (Å²) < 4.78 is 0. The molecular weight excluding hydrogens is 336 g/mol. The lowest BCUT2D eigenvalue weighted by Gasteiger charge is -2.35. The van der Waals surface area contributed by atoms with Gasteiger partial charge in [0.25, 0.3) is 0 Å². The van der Waals surface area contributed by atoms with Crippen LogP contribution in [0.15, 0.2) is 60.7 Å². The Morgan fingerprint density at radius 3 is 2.15 bits per heavy atom. The molecule has 2 aromatic rings. The van der Waals surface area contributed by atoms with Gasteiger partial charge in [-0.1, -0.05) is 48.5 Å². The average molecular weight is 362 g/mol. The second kappa shape index (κ2) is 9.86. The van der Waals surface area contributed by atoms with Gasteiger partial charge < -0.3 is 4.90 Å². The van der Waals surface area contributed by atoms with Crippen molar-refractivity contribution in [1.29, 1.82) is 5.26 Å². The van der Waals surface area contributed by atoms with Crippen molar-refractivity contribution >= 4 is 11.6 Å². The highest BCUT2D eigenvalue weighted by Crippen LogP contribution is 2.15. The summed E-state index contributed by atoms with van der Waals surface area (Å²) in [5.41, 5.74) is 2.19. The minimum Gasteiger partial charge on any atom is -0.310 e. The van der Waals surface area contributed by atoms with Crippen LogP contribution >= 0.6 is 0 Å². The highest BCUT2D eigenvalue weighted by atomic mass is 16.2. The number of benzene rings is 2. The second-order valence-corrected chi connectivity index (χ2v) is 6.83. The van der Waals surface area contributed by atoms with E-state index in [0.717, 1.165) is 38.4 Å². The molecule has 0 N–H and O–H groups in total. The number of carbonyl (C=O) groups excluding carboxylic acids is 1. The Hall–Kier alpha value is -2.68. The molecule has 1 saturated heterocycles. The summed E-state index contributed by atoms with van der Waals surface area (Å²) in [5.74, 6) is 0.0629. The van der Waals surface area contributed by atoms with Crippen molar-refractivity contribution in [2.45, 2.75) is 13.0 Å². The van der Waals surface area contributed by atoms with Gasteiger partial charge in [0.15, 0.2) is 0 Å². The number of carbonyl (C=O) groups is 1. The van der Waals surface area contributed by atoms with Crippen LogP contribution in [0.2, 0.25) is 0 Å². The zero-order chi connectivity index (χ0) is 18.9. The van der Waals surface area contributed by atoms with E-state index in [-0.39, 0.29) is 5.91 Å². The molecule has 1 heterocycles. The first-order valence-electron chi connectivity index (χ1n) is 9.47. The van der Waals surface area contributed by atoms with Crippen LogP contribution in [0.1, 0.15) is 12.0 Å². The maximum atomic E-state index is 12.9. The molecule has 0 aliphatic carbocycles. The van der Waals surface area contributed by atoms with Crippen LogP contribution in [0.5, 0.6) is 0 Å². The zero-order valence-electron chi connectivity index (χ0n) is 15.6. The van der Waals surface area contributed by atoms with Crippen LogP contribution in [0.4, 0.5) is 5.69 Å². The molecule has 5 heteroatoms. The van der Waals surface area contributed by atoms with Crippen molar-refractivity contribution in [2.75, 3.05) is 44.2 Å². The van der Waals surface area contributed by atoms with Gasteiger partial charge in [-0.2, -0.15) is 5.26 Å². The first-order chi connectivity index (χ1) is 13.3. The quantitative estimate of drug-likeness (QED) is 0.760. The van der Waals surface area contributed by atoms with Gasteiger partial charge in [-0.3, -0.25) is 14.6 Å². The third-order valence-corrected chi connectivity index (χ3v) is 4.89. The van der Waals surface area contributed by atoms with Crippen molar-refractivity contribution in [3.8, 4) is 6.07 Å². The molecule has 0 spiro atoms. The number of para-hydroxylation sites is 1. The molecule has 0 bridgehead atoms. The Morgan fingerprint density at radius 1 is 0.926 bits per heavy atom. The van der Waals surface area contributed by atoms with Crippen molar-refractivity contribution in [3.63, 3.8) is 0 Å². The fraction of sp³-hybridized carbons (Fsp3) is 0.364. The van der Waals surface area contributed by atoms with E-state index in [0.29, 0.717) is 19.5 Å². The Balaban J connectivity index is 1.52. The number of nitriles is 1.